The van der Waals surface area contributed by atoms with Gasteiger partial charge in [0.2, 0.25) is 5.91 Å². The van der Waals surface area contributed by atoms with E-state index in [-0.39, 0.29) is 29.3 Å². The van der Waals surface area contributed by atoms with Gasteiger partial charge in [-0.2, -0.15) is 0 Å². The van der Waals surface area contributed by atoms with E-state index in [4.69, 9.17) is 4.74 Å². The molecule has 0 bridgehead atoms. The van der Waals surface area contributed by atoms with E-state index in [1.165, 1.54) is 12.1 Å². The molecule has 3 aromatic rings. The number of nitrogens with one attached hydrogen (secondary N) is 1. The first kappa shape index (κ1) is 27.6. The van der Waals surface area contributed by atoms with Crippen molar-refractivity contribution in [2.45, 2.75) is 64.8 Å². The van der Waals surface area contributed by atoms with Crippen LogP contribution in [0.1, 0.15) is 76.0 Å². The van der Waals surface area contributed by atoms with Gasteiger partial charge in [-0.3, -0.25) is 14.5 Å². The molecule has 208 valence electrons. The molecule has 1 amide bonds. The van der Waals surface area contributed by atoms with Gasteiger partial charge in [-0.15, -0.1) is 0 Å². The number of hydrogen-bond acceptors (Lipinski definition) is 4. The minimum absolute atomic E-state index is 0.0117. The summed E-state index contributed by atoms with van der Waals surface area (Å²) in [5, 5.41) is 3.54. The summed E-state index contributed by atoms with van der Waals surface area (Å²) in [7, 11) is 0. The first-order valence-electron chi connectivity index (χ1n) is 14.3. The molecule has 2 atom stereocenters. The smallest absolute Gasteiger partial charge is 0.230 e. The Hall–Kier alpha value is -3.93. The van der Waals surface area contributed by atoms with E-state index in [0.29, 0.717) is 25.0 Å². The summed E-state index contributed by atoms with van der Waals surface area (Å²) in [5.74, 6) is 0.0499. The van der Waals surface area contributed by atoms with Crippen molar-refractivity contribution < 1.29 is 18.7 Å². The lowest BCUT2D eigenvalue weighted by atomic mass is 9.78. The number of amides is 1. The summed E-state index contributed by atoms with van der Waals surface area (Å²) in [4.78, 5) is 29.7. The second-order valence-electron chi connectivity index (χ2n) is 11.0. The molecule has 1 aliphatic heterocycles. The van der Waals surface area contributed by atoms with Gasteiger partial charge in [-0.1, -0.05) is 70.0 Å². The number of allylic oxidation sites excluding steroid dienone is 1. The Balaban J connectivity index is 1.60. The number of fused-ring (bicyclic) bond motifs is 1. The van der Waals surface area contributed by atoms with Crippen molar-refractivity contribution in [2.24, 2.45) is 5.92 Å². The van der Waals surface area contributed by atoms with Crippen LogP contribution >= 0.6 is 0 Å². The molecule has 0 fully saturated rings. The zero-order valence-electron chi connectivity index (χ0n) is 23.5. The van der Waals surface area contributed by atoms with Crippen LogP contribution in [0.4, 0.5) is 15.8 Å². The third-order valence-electron chi connectivity index (χ3n) is 7.77. The van der Waals surface area contributed by atoms with Crippen LogP contribution in [0.3, 0.4) is 0 Å². The van der Waals surface area contributed by atoms with Crippen LogP contribution in [0.5, 0.6) is 5.75 Å². The first-order valence-corrected chi connectivity index (χ1v) is 14.3. The number of rotatable bonds is 8. The summed E-state index contributed by atoms with van der Waals surface area (Å²) >= 11 is 0. The van der Waals surface area contributed by atoms with Crippen molar-refractivity contribution in [3.05, 3.63) is 101 Å². The Morgan fingerprint density at radius 3 is 2.38 bits per heavy atom. The van der Waals surface area contributed by atoms with Crippen LogP contribution in [0.15, 0.2) is 84.1 Å². The van der Waals surface area contributed by atoms with Crippen molar-refractivity contribution in [2.75, 3.05) is 16.8 Å². The maximum atomic E-state index is 14.0. The Kier molecular flexibility index (Phi) is 8.34. The molecule has 0 aromatic heterocycles. The highest BCUT2D eigenvalue weighted by Crippen LogP contribution is 2.48. The highest BCUT2D eigenvalue weighted by atomic mass is 19.1. The molecule has 0 saturated carbocycles. The number of benzene rings is 3. The molecular formula is C34H37FN2O3. The lowest BCUT2D eigenvalue weighted by Crippen LogP contribution is -2.40. The van der Waals surface area contributed by atoms with Gasteiger partial charge in [-0.05, 0) is 66.3 Å². The highest BCUT2D eigenvalue weighted by Gasteiger charge is 2.42. The molecule has 3 aromatic carbocycles. The molecule has 1 heterocycles. The van der Waals surface area contributed by atoms with Crippen molar-refractivity contribution >= 4 is 23.1 Å². The number of Topliss-reactive ketones (excluding diaryl/α,β-unsaturated/α-hetero) is 1. The number of nitrogens with zero attached hydrogens (tertiary/aromatic N) is 1. The van der Waals surface area contributed by atoms with E-state index in [0.717, 1.165) is 53.2 Å². The van der Waals surface area contributed by atoms with Crippen molar-refractivity contribution in [1.82, 2.24) is 0 Å². The fraction of sp³-hybridized carbons (Fsp3) is 0.353. The van der Waals surface area contributed by atoms with Crippen LogP contribution in [-0.2, 0) is 9.59 Å². The fourth-order valence-electron chi connectivity index (χ4n) is 5.69. The minimum Gasteiger partial charge on any atom is -0.494 e. The lowest BCUT2D eigenvalue weighted by Gasteiger charge is -2.36. The molecule has 6 heteroatoms. The van der Waals surface area contributed by atoms with Gasteiger partial charge >= 0.3 is 0 Å². The molecule has 0 spiro atoms. The van der Waals surface area contributed by atoms with Crippen molar-refractivity contribution in [3.8, 4) is 5.75 Å². The van der Waals surface area contributed by atoms with Crippen molar-refractivity contribution in [3.63, 3.8) is 0 Å². The van der Waals surface area contributed by atoms with Gasteiger partial charge in [0.25, 0.3) is 0 Å². The molecule has 0 unspecified atom stereocenters. The lowest BCUT2D eigenvalue weighted by molar-refractivity contribution is -0.121. The SMILES string of the molecule is CCCCCOc1ccc([C@H]2C3=C(C[C@H](c4ccc(F)cc4)CC3=O)Nc3ccccc3N2C(=O)C(C)C)cc1. The van der Waals surface area contributed by atoms with E-state index in [1.54, 1.807) is 17.0 Å². The largest absolute Gasteiger partial charge is 0.494 e. The van der Waals surface area contributed by atoms with Crippen LogP contribution in [0, 0.1) is 11.7 Å². The quantitative estimate of drug-likeness (QED) is 0.295. The molecule has 5 rings (SSSR count). The zero-order valence-corrected chi connectivity index (χ0v) is 23.5. The molecule has 2 aliphatic rings. The Bertz CT molecular complexity index is 1400. The highest BCUT2D eigenvalue weighted by molar-refractivity contribution is 6.06. The summed E-state index contributed by atoms with van der Waals surface area (Å²) in [5.41, 5.74) is 4.73. The van der Waals surface area contributed by atoms with Gasteiger partial charge in [0, 0.05) is 23.6 Å². The predicted molar refractivity (Wildman–Crippen MR) is 157 cm³/mol. The normalized spacial score (nSPS) is 18.6. The number of halogens is 1. The van der Waals surface area contributed by atoms with Crippen LogP contribution < -0.4 is 15.0 Å². The number of ketones is 1. The number of anilines is 2. The standard InChI is InChI=1S/C34H37FN2O3/c1-4-5-8-19-40-27-17-13-24(14-18-27)33-32-29(20-25(21-31(32)38)23-11-15-26(35)16-12-23)36-28-9-6-7-10-30(28)37(33)34(39)22(2)3/h6-7,9-18,22,25,33,36H,4-5,8,19-21H2,1-3H3/t25-,33-/m0/s1. The second kappa shape index (κ2) is 12.1. The van der Waals surface area contributed by atoms with Crippen LogP contribution in [0.25, 0.3) is 0 Å². The average Bonchev–Trinajstić information content (AvgIpc) is 3.10. The van der Waals surface area contributed by atoms with Gasteiger partial charge in [0.1, 0.15) is 11.6 Å². The number of ether oxygens (including phenoxy) is 1. The monoisotopic (exact) mass is 540 g/mol. The van der Waals surface area contributed by atoms with E-state index >= 15 is 0 Å². The van der Waals surface area contributed by atoms with Crippen molar-refractivity contribution in [1.29, 1.82) is 0 Å². The molecular weight excluding hydrogens is 503 g/mol. The third kappa shape index (κ3) is 5.67. The molecule has 1 N–H and O–H groups in total. The Labute approximate surface area is 236 Å². The van der Waals surface area contributed by atoms with E-state index in [1.807, 2.05) is 62.4 Å². The van der Waals surface area contributed by atoms with E-state index in [2.05, 4.69) is 12.2 Å². The van der Waals surface area contributed by atoms with Crippen LogP contribution in [-0.4, -0.2) is 18.3 Å². The number of carbonyl (C=O) groups excluding carboxylic acids is 2. The molecule has 5 nitrogen and oxygen atoms in total. The Morgan fingerprint density at radius 2 is 1.68 bits per heavy atom. The van der Waals surface area contributed by atoms with Gasteiger partial charge in [-0.25, -0.2) is 4.39 Å². The van der Waals surface area contributed by atoms with Crippen LogP contribution in [0.2, 0.25) is 0 Å². The predicted octanol–water partition coefficient (Wildman–Crippen LogP) is 7.95. The molecule has 1 aliphatic carbocycles. The van der Waals surface area contributed by atoms with Gasteiger partial charge in [0.15, 0.2) is 5.78 Å². The summed E-state index contributed by atoms with van der Waals surface area (Å²) in [6.45, 7) is 6.59. The summed E-state index contributed by atoms with van der Waals surface area (Å²) in [6, 6.07) is 21.3. The first-order chi connectivity index (χ1) is 19.4. The fourth-order valence-corrected chi connectivity index (χ4v) is 5.69. The number of hydrogen-bond donors (Lipinski definition) is 1. The average molecular weight is 541 g/mol. The Morgan fingerprint density at radius 1 is 0.975 bits per heavy atom. The second-order valence-corrected chi connectivity index (χ2v) is 11.0. The maximum absolute atomic E-state index is 14.0. The minimum atomic E-state index is -0.586. The van der Waals surface area contributed by atoms with Gasteiger partial charge < -0.3 is 10.1 Å². The number of unbranched alkanes of at least 4 members (excludes halogenated alkanes) is 2. The van der Waals surface area contributed by atoms with Gasteiger partial charge in [0.05, 0.1) is 24.0 Å². The van der Waals surface area contributed by atoms with E-state index in [9.17, 15) is 14.0 Å². The zero-order chi connectivity index (χ0) is 28.2. The van der Waals surface area contributed by atoms with E-state index < -0.39 is 6.04 Å². The molecule has 0 saturated heterocycles. The third-order valence-corrected chi connectivity index (χ3v) is 7.77. The topological polar surface area (TPSA) is 58.6 Å². The maximum Gasteiger partial charge on any atom is 0.230 e. The summed E-state index contributed by atoms with van der Waals surface area (Å²) in [6.07, 6.45) is 4.13. The molecule has 40 heavy (non-hydrogen) atoms. The summed E-state index contributed by atoms with van der Waals surface area (Å²) < 4.78 is 19.6. The molecule has 0 radical (unpaired) electrons. The number of carbonyl (C=O) groups is 2. The number of para-hydroxylation sites is 2.